The Labute approximate surface area is 171 Å². The Bertz CT molecular complexity index is 795. The monoisotopic (exact) mass is 428 g/mol. The van der Waals surface area contributed by atoms with E-state index in [4.69, 9.17) is 25.3 Å². The van der Waals surface area contributed by atoms with Gasteiger partial charge < -0.3 is 14.6 Å². The van der Waals surface area contributed by atoms with Crippen molar-refractivity contribution in [3.8, 4) is 0 Å². The van der Waals surface area contributed by atoms with Gasteiger partial charge in [-0.1, -0.05) is 48.0 Å². The molecule has 0 amide bonds. The summed E-state index contributed by atoms with van der Waals surface area (Å²) in [6.07, 6.45) is -1.35. The Morgan fingerprint density at radius 2 is 1.68 bits per heavy atom. The van der Waals surface area contributed by atoms with Crippen molar-refractivity contribution >= 4 is 21.7 Å². The quantitative estimate of drug-likeness (QED) is 0.413. The molecule has 154 valence electrons. The molecule has 0 heterocycles. The third kappa shape index (κ3) is 7.50. The fourth-order valence-corrected chi connectivity index (χ4v) is 3.45. The average molecular weight is 429 g/mol. The van der Waals surface area contributed by atoms with E-state index in [2.05, 4.69) is 0 Å². The minimum atomic E-state index is -3.93. The maximum Gasteiger partial charge on any atom is 0.297 e. The topological polar surface area (TPSA) is 82.1 Å². The van der Waals surface area contributed by atoms with Crippen LogP contribution in [0.5, 0.6) is 0 Å². The number of rotatable bonds is 12. The number of benzene rings is 2. The van der Waals surface area contributed by atoms with Gasteiger partial charge in [-0.2, -0.15) is 8.42 Å². The zero-order valence-corrected chi connectivity index (χ0v) is 17.2. The van der Waals surface area contributed by atoms with Gasteiger partial charge in [0.2, 0.25) is 0 Å². The van der Waals surface area contributed by atoms with E-state index in [0.29, 0.717) is 6.61 Å². The molecule has 28 heavy (non-hydrogen) atoms. The van der Waals surface area contributed by atoms with Crippen LogP contribution < -0.4 is 0 Å². The highest BCUT2D eigenvalue weighted by molar-refractivity contribution is 7.86. The second-order valence-electron chi connectivity index (χ2n) is 6.27. The van der Waals surface area contributed by atoms with E-state index in [0.717, 1.165) is 11.1 Å². The van der Waals surface area contributed by atoms with E-state index in [-0.39, 0.29) is 24.0 Å². The van der Waals surface area contributed by atoms with Gasteiger partial charge >= 0.3 is 0 Å². The summed E-state index contributed by atoms with van der Waals surface area (Å²) >= 11 is 5.91. The molecule has 0 bridgehead atoms. The SMILES string of the molecule is Cc1ccc(S(=O)(=O)OC[C@H](CO)O[C@H](CCl)COCc2ccccc2)cc1. The Morgan fingerprint density at radius 3 is 2.29 bits per heavy atom. The summed E-state index contributed by atoms with van der Waals surface area (Å²) < 4.78 is 40.7. The van der Waals surface area contributed by atoms with Crippen LogP contribution in [0.3, 0.4) is 0 Å². The van der Waals surface area contributed by atoms with Gasteiger partial charge in [-0.25, -0.2) is 0 Å². The van der Waals surface area contributed by atoms with E-state index in [9.17, 15) is 13.5 Å². The highest BCUT2D eigenvalue weighted by atomic mass is 35.5. The molecule has 0 radical (unpaired) electrons. The summed E-state index contributed by atoms with van der Waals surface area (Å²) in [5, 5.41) is 9.49. The van der Waals surface area contributed by atoms with Crippen LogP contribution in [0.25, 0.3) is 0 Å². The van der Waals surface area contributed by atoms with Crippen molar-refractivity contribution in [1.29, 1.82) is 0 Å². The minimum absolute atomic E-state index is 0.0508. The van der Waals surface area contributed by atoms with E-state index >= 15 is 0 Å². The molecule has 0 spiro atoms. The van der Waals surface area contributed by atoms with Crippen molar-refractivity contribution in [3.05, 3.63) is 65.7 Å². The van der Waals surface area contributed by atoms with Gasteiger partial charge in [-0.15, -0.1) is 11.6 Å². The van der Waals surface area contributed by atoms with Crippen molar-refractivity contribution in [1.82, 2.24) is 0 Å². The number of alkyl halides is 1. The van der Waals surface area contributed by atoms with Gasteiger partial charge in [0, 0.05) is 0 Å². The van der Waals surface area contributed by atoms with Crippen molar-refractivity contribution in [2.24, 2.45) is 0 Å². The molecule has 0 unspecified atom stereocenters. The molecule has 0 saturated heterocycles. The van der Waals surface area contributed by atoms with E-state index in [1.165, 1.54) is 12.1 Å². The first-order valence-electron chi connectivity index (χ1n) is 8.84. The van der Waals surface area contributed by atoms with Gasteiger partial charge in [0.15, 0.2) is 0 Å². The summed E-state index contributed by atoms with van der Waals surface area (Å²) in [7, 11) is -3.93. The molecule has 2 aromatic carbocycles. The van der Waals surface area contributed by atoms with E-state index < -0.39 is 28.9 Å². The van der Waals surface area contributed by atoms with Gasteiger partial charge in [-0.05, 0) is 24.6 Å². The molecule has 0 aliphatic rings. The number of halogens is 1. The number of hydrogen-bond donors (Lipinski definition) is 1. The second-order valence-corrected chi connectivity index (χ2v) is 8.19. The minimum Gasteiger partial charge on any atom is -0.394 e. The zero-order chi connectivity index (χ0) is 20.4. The lowest BCUT2D eigenvalue weighted by molar-refractivity contribution is -0.0798. The smallest absolute Gasteiger partial charge is 0.297 e. The van der Waals surface area contributed by atoms with E-state index in [1.807, 2.05) is 37.3 Å². The Balaban J connectivity index is 1.83. The number of hydrogen-bond acceptors (Lipinski definition) is 6. The van der Waals surface area contributed by atoms with Crippen molar-refractivity contribution < 1.29 is 27.2 Å². The highest BCUT2D eigenvalue weighted by Gasteiger charge is 2.21. The van der Waals surface area contributed by atoms with Crippen LogP contribution >= 0.6 is 11.6 Å². The van der Waals surface area contributed by atoms with Crippen LogP contribution in [0.1, 0.15) is 11.1 Å². The molecule has 0 saturated carbocycles. The fraction of sp³-hybridized carbons (Fsp3) is 0.400. The number of aliphatic hydroxyl groups excluding tert-OH is 1. The van der Waals surface area contributed by atoms with Gasteiger partial charge in [0.25, 0.3) is 10.1 Å². The maximum absolute atomic E-state index is 12.2. The van der Waals surface area contributed by atoms with Crippen LogP contribution in [0, 0.1) is 6.92 Å². The molecule has 2 atom stereocenters. The lowest BCUT2D eigenvalue weighted by Crippen LogP contribution is -2.33. The van der Waals surface area contributed by atoms with Gasteiger partial charge in [0.05, 0.1) is 43.3 Å². The lowest BCUT2D eigenvalue weighted by atomic mass is 10.2. The van der Waals surface area contributed by atoms with Crippen LogP contribution in [0.2, 0.25) is 0 Å². The summed E-state index contributed by atoms with van der Waals surface area (Å²) in [4.78, 5) is 0.0508. The summed E-state index contributed by atoms with van der Waals surface area (Å²) in [6, 6.07) is 16.0. The summed E-state index contributed by atoms with van der Waals surface area (Å²) in [5.74, 6) is 0.135. The summed E-state index contributed by atoms with van der Waals surface area (Å²) in [5.41, 5.74) is 1.96. The molecule has 0 aliphatic carbocycles. The third-order valence-electron chi connectivity index (χ3n) is 3.89. The molecule has 6 nitrogen and oxygen atoms in total. The van der Waals surface area contributed by atoms with Gasteiger partial charge in [0.1, 0.15) is 6.10 Å². The molecule has 0 aromatic heterocycles. The van der Waals surface area contributed by atoms with Crippen LogP contribution in [0.15, 0.2) is 59.5 Å². The first-order valence-corrected chi connectivity index (χ1v) is 10.8. The normalized spacial score (nSPS) is 14.0. The Morgan fingerprint density at radius 1 is 1.00 bits per heavy atom. The first-order chi connectivity index (χ1) is 13.4. The number of ether oxygens (including phenoxy) is 2. The van der Waals surface area contributed by atoms with E-state index in [1.54, 1.807) is 12.1 Å². The standard InChI is InChI=1S/C20H25ClO6S/c1-16-7-9-20(10-8-16)28(23,24)26-15-19(12-22)27-18(11-21)14-25-13-17-5-3-2-4-6-17/h2-10,18-19,22H,11-15H2,1H3/t18-,19+/m1/s1. The fourth-order valence-electron chi connectivity index (χ4n) is 2.35. The van der Waals surface area contributed by atoms with Crippen molar-refractivity contribution in [3.63, 3.8) is 0 Å². The van der Waals surface area contributed by atoms with Crippen LogP contribution in [0.4, 0.5) is 0 Å². The predicted octanol–water partition coefficient (Wildman–Crippen LogP) is 2.90. The lowest BCUT2D eigenvalue weighted by Gasteiger charge is -2.22. The van der Waals surface area contributed by atoms with Crippen LogP contribution in [-0.2, 0) is 30.4 Å². The largest absolute Gasteiger partial charge is 0.394 e. The molecule has 2 aromatic rings. The highest BCUT2D eigenvalue weighted by Crippen LogP contribution is 2.14. The molecule has 0 aliphatic heterocycles. The zero-order valence-electron chi connectivity index (χ0n) is 15.7. The summed E-state index contributed by atoms with van der Waals surface area (Å²) in [6.45, 7) is 1.74. The molecule has 0 fully saturated rings. The second kappa shape index (κ2) is 11.5. The Kier molecular flexibility index (Phi) is 9.37. The number of aliphatic hydroxyl groups is 1. The Hall–Kier alpha value is -1.48. The van der Waals surface area contributed by atoms with Crippen molar-refractivity contribution in [2.45, 2.75) is 30.6 Å². The van der Waals surface area contributed by atoms with Crippen LogP contribution in [-0.4, -0.2) is 51.4 Å². The number of aryl methyl sites for hydroxylation is 1. The predicted molar refractivity (Wildman–Crippen MR) is 107 cm³/mol. The molecular weight excluding hydrogens is 404 g/mol. The molecule has 1 N–H and O–H groups in total. The average Bonchev–Trinajstić information content (AvgIpc) is 2.71. The molecule has 8 heteroatoms. The third-order valence-corrected chi connectivity index (χ3v) is 5.53. The molecular formula is C20H25ClO6S. The molecule has 2 rings (SSSR count). The maximum atomic E-state index is 12.2. The first kappa shape index (κ1) is 22.8. The van der Waals surface area contributed by atoms with Crippen molar-refractivity contribution in [2.75, 3.05) is 25.7 Å². The van der Waals surface area contributed by atoms with Gasteiger partial charge in [-0.3, -0.25) is 4.18 Å².